The van der Waals surface area contributed by atoms with Gasteiger partial charge in [-0.1, -0.05) is 44.2 Å². The Hall–Kier alpha value is -2.77. The largest absolute Gasteiger partial charge is 0.497 e. The quantitative estimate of drug-likeness (QED) is 0.358. The van der Waals surface area contributed by atoms with Gasteiger partial charge in [-0.15, -0.1) is 0 Å². The number of likely N-dealkylation sites (tertiary alicyclic amines) is 1. The summed E-state index contributed by atoms with van der Waals surface area (Å²) in [7, 11) is 3.43. The highest BCUT2D eigenvalue weighted by atomic mass is 16.6. The molecule has 1 saturated carbocycles. The molecule has 1 atom stereocenters. The Morgan fingerprint density at radius 1 is 0.976 bits per heavy atom. The van der Waals surface area contributed by atoms with Crippen LogP contribution < -0.4 is 9.47 Å². The number of carbonyl (C=O) groups is 1. The predicted octanol–water partition coefficient (Wildman–Crippen LogP) is 6.87. The topological polar surface area (TPSA) is 54.5 Å². The molecule has 2 aromatic carbocycles. The van der Waals surface area contributed by atoms with E-state index in [2.05, 4.69) is 54.0 Å². The summed E-state index contributed by atoms with van der Waals surface area (Å²) in [6.07, 6.45) is 4.44. The second-order valence-corrected chi connectivity index (χ2v) is 14.0. The van der Waals surface area contributed by atoms with Crippen molar-refractivity contribution in [3.05, 3.63) is 59.2 Å². The van der Waals surface area contributed by atoms with Gasteiger partial charge in [-0.2, -0.15) is 0 Å². The minimum Gasteiger partial charge on any atom is -0.497 e. The first-order valence-corrected chi connectivity index (χ1v) is 15.8. The van der Waals surface area contributed by atoms with Crippen molar-refractivity contribution < 1.29 is 19.0 Å². The van der Waals surface area contributed by atoms with Gasteiger partial charge in [0.2, 0.25) is 0 Å². The van der Waals surface area contributed by atoms with Crippen molar-refractivity contribution in [2.75, 3.05) is 46.9 Å². The molecular formula is C35H51N3O4. The standard InChI is InChI=1S/C35H51N3O4/c1-25(2)29-10-8-9-11-30(29)31-24-36(23-26-12-13-28(40-6)20-32(26)41-7)18-19-38(31)27-21-35(22-27)14-16-37(17-15-35)33(39)42-34(3,4)5/h8-13,20,25,27,31H,14-19,21-24H2,1-7H3/t31-/m0/s1. The molecule has 7 heteroatoms. The van der Waals surface area contributed by atoms with Crippen LogP contribution in [0.15, 0.2) is 42.5 Å². The van der Waals surface area contributed by atoms with Crippen molar-refractivity contribution in [1.29, 1.82) is 0 Å². The van der Waals surface area contributed by atoms with Gasteiger partial charge in [0.15, 0.2) is 0 Å². The first kappa shape index (κ1) is 30.7. The van der Waals surface area contributed by atoms with E-state index >= 15 is 0 Å². The summed E-state index contributed by atoms with van der Waals surface area (Å²) in [6, 6.07) is 16.2. The summed E-state index contributed by atoms with van der Waals surface area (Å²) in [4.78, 5) is 20.0. The first-order valence-electron chi connectivity index (χ1n) is 15.8. The summed E-state index contributed by atoms with van der Waals surface area (Å²) in [6.45, 7) is 16.0. The number of ether oxygens (including phenoxy) is 3. The van der Waals surface area contributed by atoms with E-state index in [9.17, 15) is 4.79 Å². The fourth-order valence-electron chi connectivity index (χ4n) is 7.35. The number of benzene rings is 2. The maximum absolute atomic E-state index is 12.6. The average molecular weight is 578 g/mol. The Kier molecular flexibility index (Phi) is 9.10. The van der Waals surface area contributed by atoms with Crippen molar-refractivity contribution in [3.8, 4) is 11.5 Å². The summed E-state index contributed by atoms with van der Waals surface area (Å²) in [5.41, 5.74) is 4.03. The number of rotatable bonds is 7. The number of piperidine rings is 1. The predicted molar refractivity (Wildman–Crippen MR) is 167 cm³/mol. The third-order valence-electron chi connectivity index (χ3n) is 9.65. The smallest absolute Gasteiger partial charge is 0.410 e. The van der Waals surface area contributed by atoms with Gasteiger partial charge in [0, 0.05) is 63.0 Å². The monoisotopic (exact) mass is 577 g/mol. The lowest BCUT2D eigenvalue weighted by Gasteiger charge is -2.58. The van der Waals surface area contributed by atoms with Gasteiger partial charge in [0.05, 0.1) is 14.2 Å². The van der Waals surface area contributed by atoms with Crippen LogP contribution in [0.2, 0.25) is 0 Å². The summed E-state index contributed by atoms with van der Waals surface area (Å²) in [5, 5.41) is 0. The zero-order chi connectivity index (χ0) is 30.1. The van der Waals surface area contributed by atoms with Gasteiger partial charge in [-0.05, 0) is 75.0 Å². The van der Waals surface area contributed by atoms with Gasteiger partial charge in [-0.25, -0.2) is 4.79 Å². The molecule has 5 rings (SSSR count). The fourth-order valence-corrected chi connectivity index (χ4v) is 7.35. The highest BCUT2D eigenvalue weighted by Crippen LogP contribution is 2.53. The molecule has 7 nitrogen and oxygen atoms in total. The van der Waals surface area contributed by atoms with Crippen molar-refractivity contribution in [2.24, 2.45) is 5.41 Å². The average Bonchev–Trinajstić information content (AvgIpc) is 2.95. The molecule has 3 fully saturated rings. The molecule has 1 amide bonds. The van der Waals surface area contributed by atoms with Gasteiger partial charge in [0.1, 0.15) is 17.1 Å². The van der Waals surface area contributed by atoms with Crippen LogP contribution in [0.5, 0.6) is 11.5 Å². The fraction of sp³-hybridized carbons (Fsp3) is 0.629. The van der Waals surface area contributed by atoms with Gasteiger partial charge in [0.25, 0.3) is 0 Å². The molecule has 1 aliphatic carbocycles. The maximum atomic E-state index is 12.6. The normalized spacial score (nSPS) is 21.8. The molecule has 3 aliphatic rings. The van der Waals surface area contributed by atoms with E-state index in [1.165, 1.54) is 29.5 Å². The third kappa shape index (κ3) is 6.73. The lowest BCUT2D eigenvalue weighted by atomic mass is 9.59. The van der Waals surface area contributed by atoms with Crippen LogP contribution in [0.25, 0.3) is 0 Å². The molecule has 2 heterocycles. The van der Waals surface area contributed by atoms with Crippen molar-refractivity contribution in [3.63, 3.8) is 0 Å². The van der Waals surface area contributed by atoms with Crippen molar-refractivity contribution in [2.45, 2.75) is 90.4 Å². The molecule has 2 aromatic rings. The molecule has 0 radical (unpaired) electrons. The number of amides is 1. The molecule has 0 N–H and O–H groups in total. The second kappa shape index (κ2) is 12.5. The van der Waals surface area contributed by atoms with Gasteiger partial charge < -0.3 is 19.1 Å². The Balaban J connectivity index is 1.29. The van der Waals surface area contributed by atoms with Crippen LogP contribution in [-0.2, 0) is 11.3 Å². The molecular weight excluding hydrogens is 526 g/mol. The van der Waals surface area contributed by atoms with Crippen molar-refractivity contribution >= 4 is 6.09 Å². The zero-order valence-electron chi connectivity index (χ0n) is 26.8. The zero-order valence-corrected chi connectivity index (χ0v) is 26.8. The molecule has 2 saturated heterocycles. The second-order valence-electron chi connectivity index (χ2n) is 14.0. The van der Waals surface area contributed by atoms with E-state index in [4.69, 9.17) is 14.2 Å². The molecule has 1 spiro atoms. The van der Waals surface area contributed by atoms with Crippen LogP contribution in [0.3, 0.4) is 0 Å². The molecule has 0 unspecified atom stereocenters. The Bertz CT molecular complexity index is 1220. The van der Waals surface area contributed by atoms with Crippen LogP contribution in [0.1, 0.15) is 89.0 Å². The third-order valence-corrected chi connectivity index (χ3v) is 9.65. The number of hydrogen-bond donors (Lipinski definition) is 0. The number of piperazine rings is 1. The highest BCUT2D eigenvalue weighted by molar-refractivity contribution is 5.68. The number of hydrogen-bond acceptors (Lipinski definition) is 6. The minimum absolute atomic E-state index is 0.164. The summed E-state index contributed by atoms with van der Waals surface area (Å²) < 4.78 is 16.8. The van der Waals surface area contributed by atoms with E-state index in [0.717, 1.165) is 63.6 Å². The van der Waals surface area contributed by atoms with Crippen LogP contribution >= 0.6 is 0 Å². The molecule has 0 aromatic heterocycles. The molecule has 2 aliphatic heterocycles. The van der Waals surface area contributed by atoms with E-state index in [1.807, 2.05) is 37.8 Å². The maximum Gasteiger partial charge on any atom is 0.410 e. The molecule has 0 bridgehead atoms. The summed E-state index contributed by atoms with van der Waals surface area (Å²) >= 11 is 0. The van der Waals surface area contributed by atoms with E-state index in [1.54, 1.807) is 14.2 Å². The van der Waals surface area contributed by atoms with Crippen LogP contribution in [-0.4, -0.2) is 79.4 Å². The first-order chi connectivity index (χ1) is 20.0. The number of nitrogens with zero attached hydrogens (tertiary/aromatic N) is 3. The van der Waals surface area contributed by atoms with Crippen LogP contribution in [0, 0.1) is 5.41 Å². The lowest BCUT2D eigenvalue weighted by Crippen LogP contribution is -2.60. The van der Waals surface area contributed by atoms with Crippen molar-refractivity contribution in [1.82, 2.24) is 14.7 Å². The van der Waals surface area contributed by atoms with Gasteiger partial charge in [-0.3, -0.25) is 9.80 Å². The lowest BCUT2D eigenvalue weighted by molar-refractivity contribution is -0.0783. The van der Waals surface area contributed by atoms with E-state index in [-0.39, 0.29) is 6.09 Å². The van der Waals surface area contributed by atoms with E-state index in [0.29, 0.717) is 23.4 Å². The Labute approximate surface area is 253 Å². The molecule has 42 heavy (non-hydrogen) atoms. The Morgan fingerprint density at radius 3 is 2.33 bits per heavy atom. The number of carbonyl (C=O) groups excluding carboxylic acids is 1. The van der Waals surface area contributed by atoms with Crippen LogP contribution in [0.4, 0.5) is 4.79 Å². The number of methoxy groups -OCH3 is 2. The summed E-state index contributed by atoms with van der Waals surface area (Å²) in [5.74, 6) is 2.18. The highest BCUT2D eigenvalue weighted by Gasteiger charge is 2.50. The Morgan fingerprint density at radius 2 is 1.69 bits per heavy atom. The minimum atomic E-state index is -0.449. The SMILES string of the molecule is COc1ccc(CN2CCN(C3CC4(CCN(C(=O)OC(C)(C)C)CC4)C3)[C@H](c3ccccc3C(C)C)C2)c(OC)c1. The molecule has 230 valence electrons. The van der Waals surface area contributed by atoms with E-state index < -0.39 is 5.60 Å². The van der Waals surface area contributed by atoms with Gasteiger partial charge >= 0.3 is 6.09 Å².